The average Bonchev–Trinajstić information content (AvgIpc) is 3.04. The Bertz CT molecular complexity index is 614. The molecule has 8 nitrogen and oxygen atoms in total. The molecular formula is C11H15N7O. The Kier molecular flexibility index (Phi) is 2.69. The van der Waals surface area contributed by atoms with Crippen molar-refractivity contribution < 1.29 is 4.79 Å². The van der Waals surface area contributed by atoms with Gasteiger partial charge in [0, 0.05) is 24.8 Å². The van der Waals surface area contributed by atoms with Gasteiger partial charge in [0.15, 0.2) is 0 Å². The van der Waals surface area contributed by atoms with Crippen LogP contribution in [0.3, 0.4) is 0 Å². The number of hydrogen-bond acceptors (Lipinski definition) is 5. The molecule has 1 unspecified atom stereocenters. The molecule has 1 atom stereocenters. The van der Waals surface area contributed by atoms with Crippen LogP contribution in [0.4, 0.5) is 5.95 Å². The molecule has 2 aromatic rings. The second-order valence-corrected chi connectivity index (χ2v) is 4.43. The van der Waals surface area contributed by atoms with E-state index in [0.717, 1.165) is 25.1 Å². The number of rotatable bonds is 3. The topological polar surface area (TPSA) is 104 Å². The number of primary amides is 1. The number of nitrogens with zero attached hydrogens (tertiary/aromatic N) is 5. The Hall–Kier alpha value is -2.38. The van der Waals surface area contributed by atoms with E-state index in [1.807, 2.05) is 24.0 Å². The Morgan fingerprint density at radius 3 is 3.16 bits per heavy atom. The molecule has 3 heterocycles. The maximum atomic E-state index is 11.2. The van der Waals surface area contributed by atoms with Crippen molar-refractivity contribution in [2.75, 3.05) is 11.9 Å². The summed E-state index contributed by atoms with van der Waals surface area (Å²) in [4.78, 5) is 15.2. The van der Waals surface area contributed by atoms with Gasteiger partial charge in [0.25, 0.3) is 5.91 Å². The quantitative estimate of drug-likeness (QED) is 0.809. The third-order valence-electron chi connectivity index (χ3n) is 3.21. The smallest absolute Gasteiger partial charge is 0.288 e. The fourth-order valence-corrected chi connectivity index (χ4v) is 2.24. The summed E-state index contributed by atoms with van der Waals surface area (Å²) in [6, 6.07) is 0.0390. The molecule has 2 aromatic heterocycles. The van der Waals surface area contributed by atoms with Gasteiger partial charge in [-0.05, 0) is 13.3 Å². The van der Waals surface area contributed by atoms with Crippen LogP contribution in [-0.2, 0) is 6.54 Å². The molecule has 3 rings (SSSR count). The molecule has 1 amide bonds. The van der Waals surface area contributed by atoms with Crippen molar-refractivity contribution in [2.45, 2.75) is 25.9 Å². The van der Waals surface area contributed by atoms with E-state index in [4.69, 9.17) is 5.73 Å². The van der Waals surface area contributed by atoms with Gasteiger partial charge in [-0.2, -0.15) is 10.1 Å². The summed E-state index contributed by atoms with van der Waals surface area (Å²) in [5.74, 6) is -0.00159. The average molecular weight is 261 g/mol. The number of anilines is 1. The minimum Gasteiger partial charge on any atom is -0.363 e. The fraction of sp³-hybridized carbons (Fsp3) is 0.455. The maximum absolute atomic E-state index is 11.2. The SMILES string of the molecule is CCn1cc(C2CCNc3nc(C(N)=O)nn32)cn1. The molecule has 0 fully saturated rings. The lowest BCUT2D eigenvalue weighted by Crippen LogP contribution is -2.24. The molecule has 19 heavy (non-hydrogen) atoms. The monoisotopic (exact) mass is 261 g/mol. The van der Waals surface area contributed by atoms with Gasteiger partial charge in [-0.1, -0.05) is 0 Å². The van der Waals surface area contributed by atoms with E-state index in [0.29, 0.717) is 5.95 Å². The minimum atomic E-state index is -0.619. The van der Waals surface area contributed by atoms with E-state index in [-0.39, 0.29) is 11.9 Å². The van der Waals surface area contributed by atoms with E-state index < -0.39 is 5.91 Å². The van der Waals surface area contributed by atoms with Gasteiger partial charge < -0.3 is 11.1 Å². The predicted molar refractivity (Wildman–Crippen MR) is 67.7 cm³/mol. The molecule has 0 radical (unpaired) electrons. The van der Waals surface area contributed by atoms with Crippen molar-refractivity contribution >= 4 is 11.9 Å². The molecule has 0 saturated carbocycles. The second-order valence-electron chi connectivity index (χ2n) is 4.43. The number of aryl methyl sites for hydroxylation is 1. The summed E-state index contributed by atoms with van der Waals surface area (Å²) < 4.78 is 3.57. The summed E-state index contributed by atoms with van der Waals surface area (Å²) in [5, 5.41) is 11.6. The number of nitrogens with one attached hydrogen (secondary N) is 1. The van der Waals surface area contributed by atoms with E-state index in [2.05, 4.69) is 20.5 Å². The number of fused-ring (bicyclic) bond motifs is 1. The van der Waals surface area contributed by atoms with Crippen molar-refractivity contribution in [2.24, 2.45) is 5.73 Å². The van der Waals surface area contributed by atoms with Gasteiger partial charge in [0.1, 0.15) is 0 Å². The van der Waals surface area contributed by atoms with Crippen LogP contribution in [0.25, 0.3) is 0 Å². The van der Waals surface area contributed by atoms with Crippen LogP contribution in [0, 0.1) is 0 Å². The predicted octanol–water partition coefficient (Wildman–Crippen LogP) is -0.00160. The number of amides is 1. The lowest BCUT2D eigenvalue weighted by molar-refractivity contribution is 0.0990. The first-order chi connectivity index (χ1) is 9.19. The Morgan fingerprint density at radius 2 is 2.47 bits per heavy atom. The summed E-state index contributed by atoms with van der Waals surface area (Å²) in [5.41, 5.74) is 6.27. The van der Waals surface area contributed by atoms with Crippen LogP contribution < -0.4 is 11.1 Å². The van der Waals surface area contributed by atoms with Crippen LogP contribution in [0.2, 0.25) is 0 Å². The molecule has 8 heteroatoms. The van der Waals surface area contributed by atoms with Gasteiger partial charge in [-0.25, -0.2) is 4.68 Å². The zero-order valence-electron chi connectivity index (χ0n) is 10.6. The first-order valence-corrected chi connectivity index (χ1v) is 6.21. The van der Waals surface area contributed by atoms with Gasteiger partial charge in [0.05, 0.1) is 12.2 Å². The maximum Gasteiger partial charge on any atom is 0.288 e. The number of aromatic nitrogens is 5. The summed E-state index contributed by atoms with van der Waals surface area (Å²) in [7, 11) is 0. The highest BCUT2D eigenvalue weighted by molar-refractivity contribution is 5.89. The molecule has 0 spiro atoms. The number of carbonyl (C=O) groups is 1. The molecule has 0 aromatic carbocycles. The number of hydrogen-bond donors (Lipinski definition) is 2. The molecular weight excluding hydrogens is 246 g/mol. The normalized spacial score (nSPS) is 17.8. The summed E-state index contributed by atoms with van der Waals surface area (Å²) >= 11 is 0. The minimum absolute atomic E-state index is 0.0390. The third-order valence-corrected chi connectivity index (χ3v) is 3.21. The molecule has 100 valence electrons. The molecule has 0 aliphatic carbocycles. The lowest BCUT2D eigenvalue weighted by Gasteiger charge is -2.23. The highest BCUT2D eigenvalue weighted by Gasteiger charge is 2.26. The first kappa shape index (κ1) is 11.7. The highest BCUT2D eigenvalue weighted by atomic mass is 16.1. The second kappa shape index (κ2) is 4.38. The van der Waals surface area contributed by atoms with Crippen LogP contribution in [0.15, 0.2) is 12.4 Å². The van der Waals surface area contributed by atoms with Gasteiger partial charge in [-0.15, -0.1) is 5.10 Å². The van der Waals surface area contributed by atoms with Gasteiger partial charge >= 0.3 is 0 Å². The van der Waals surface area contributed by atoms with Crippen LogP contribution in [-0.4, -0.2) is 37.0 Å². The van der Waals surface area contributed by atoms with E-state index in [1.165, 1.54) is 0 Å². The van der Waals surface area contributed by atoms with Crippen molar-refractivity contribution in [1.29, 1.82) is 0 Å². The fourth-order valence-electron chi connectivity index (χ4n) is 2.24. The van der Waals surface area contributed by atoms with Crippen LogP contribution >= 0.6 is 0 Å². The molecule has 0 bridgehead atoms. The van der Waals surface area contributed by atoms with E-state index >= 15 is 0 Å². The van der Waals surface area contributed by atoms with Crippen molar-refractivity contribution in [3.63, 3.8) is 0 Å². The number of carbonyl (C=O) groups excluding carboxylic acids is 1. The van der Waals surface area contributed by atoms with Crippen molar-refractivity contribution in [3.8, 4) is 0 Å². The molecule has 0 saturated heterocycles. The Balaban J connectivity index is 1.99. The van der Waals surface area contributed by atoms with Gasteiger partial charge in [-0.3, -0.25) is 9.48 Å². The van der Waals surface area contributed by atoms with Crippen LogP contribution in [0.5, 0.6) is 0 Å². The highest BCUT2D eigenvalue weighted by Crippen LogP contribution is 2.27. The van der Waals surface area contributed by atoms with Crippen LogP contribution in [0.1, 0.15) is 35.6 Å². The molecule has 1 aliphatic heterocycles. The van der Waals surface area contributed by atoms with Crippen molar-refractivity contribution in [1.82, 2.24) is 24.5 Å². The zero-order chi connectivity index (χ0) is 13.4. The molecule has 3 N–H and O–H groups in total. The largest absolute Gasteiger partial charge is 0.363 e. The summed E-state index contributed by atoms with van der Waals surface area (Å²) in [6.07, 6.45) is 4.68. The van der Waals surface area contributed by atoms with E-state index in [9.17, 15) is 4.79 Å². The van der Waals surface area contributed by atoms with E-state index in [1.54, 1.807) is 4.68 Å². The standard InChI is InChI=1S/C11H15N7O/c1-2-17-6-7(5-14-17)8-3-4-13-11-15-10(9(12)19)16-18(8)11/h5-6,8H,2-4H2,1H3,(H2,12,19)(H,13,15,16). The Labute approximate surface area is 109 Å². The third kappa shape index (κ3) is 1.94. The number of nitrogens with two attached hydrogens (primary N) is 1. The van der Waals surface area contributed by atoms with Crippen molar-refractivity contribution in [3.05, 3.63) is 23.8 Å². The van der Waals surface area contributed by atoms with Gasteiger partial charge in [0.2, 0.25) is 11.8 Å². The lowest BCUT2D eigenvalue weighted by atomic mass is 10.1. The molecule has 1 aliphatic rings. The Morgan fingerprint density at radius 1 is 1.63 bits per heavy atom. The summed E-state index contributed by atoms with van der Waals surface area (Å²) in [6.45, 7) is 3.63. The zero-order valence-corrected chi connectivity index (χ0v) is 10.6. The first-order valence-electron chi connectivity index (χ1n) is 6.21.